The Morgan fingerprint density at radius 1 is 1.17 bits per heavy atom. The molecule has 0 radical (unpaired) electrons. The van der Waals surface area contributed by atoms with Gasteiger partial charge in [-0.2, -0.15) is 0 Å². The molecule has 1 atom stereocenters. The molecule has 1 aliphatic rings. The number of piperidine rings is 1. The van der Waals surface area contributed by atoms with E-state index in [1.807, 2.05) is 18.2 Å². The summed E-state index contributed by atoms with van der Waals surface area (Å²) < 4.78 is 6.06. The van der Waals surface area contributed by atoms with Gasteiger partial charge in [-0.05, 0) is 55.4 Å². The van der Waals surface area contributed by atoms with Crippen molar-refractivity contribution >= 4 is 34.9 Å². The number of nitrogens with zero attached hydrogens (tertiary/aromatic N) is 1. The molecule has 2 aromatic rings. The number of carbonyl (C=O) groups is 2. The van der Waals surface area contributed by atoms with Gasteiger partial charge in [0.2, 0.25) is 0 Å². The van der Waals surface area contributed by atoms with Crippen LogP contribution in [0.3, 0.4) is 0 Å². The number of amides is 2. The third-order valence-electron chi connectivity index (χ3n) is 5.15. The zero-order valence-corrected chi connectivity index (χ0v) is 18.3. The Morgan fingerprint density at radius 3 is 2.45 bits per heavy atom. The van der Waals surface area contributed by atoms with Crippen LogP contribution in [0.5, 0.6) is 5.75 Å². The summed E-state index contributed by atoms with van der Waals surface area (Å²) in [5, 5.41) is 3.21. The molecule has 1 N–H and O–H groups in total. The van der Waals surface area contributed by atoms with Crippen LogP contribution in [0.25, 0.3) is 0 Å². The summed E-state index contributed by atoms with van der Waals surface area (Å²) >= 11 is 7.26. The molecule has 0 unspecified atom stereocenters. The number of nitrogens with one attached hydrogen (secondary N) is 1. The van der Waals surface area contributed by atoms with E-state index in [9.17, 15) is 9.59 Å². The molecule has 3 rings (SSSR count). The molecule has 0 bridgehead atoms. The van der Waals surface area contributed by atoms with Crippen LogP contribution < -0.4 is 10.1 Å². The van der Waals surface area contributed by atoms with Crippen molar-refractivity contribution in [2.45, 2.75) is 39.2 Å². The number of hydrogen-bond donors (Lipinski definition) is 1. The number of halogens is 1. The van der Waals surface area contributed by atoms with Gasteiger partial charge in [-0.3, -0.25) is 4.79 Å². The fourth-order valence-corrected chi connectivity index (χ4v) is 4.64. The van der Waals surface area contributed by atoms with Crippen LogP contribution in [0.15, 0.2) is 42.5 Å². The smallest absolute Gasteiger partial charge is 0.410 e. The van der Waals surface area contributed by atoms with Crippen molar-refractivity contribution in [3.05, 3.63) is 51.7 Å². The average molecular weight is 435 g/mol. The van der Waals surface area contributed by atoms with Crippen molar-refractivity contribution in [3.8, 4) is 5.75 Å². The number of carbonyl (C=O) groups excluding carboxylic acids is 2. The molecule has 2 amide bonds. The number of para-hydroxylation sites is 1. The summed E-state index contributed by atoms with van der Waals surface area (Å²) in [7, 11) is 0. The highest BCUT2D eigenvalue weighted by atomic mass is 35.5. The van der Waals surface area contributed by atoms with Crippen LogP contribution in [0.4, 0.5) is 4.79 Å². The van der Waals surface area contributed by atoms with Crippen molar-refractivity contribution in [3.63, 3.8) is 0 Å². The van der Waals surface area contributed by atoms with E-state index in [4.69, 9.17) is 16.3 Å². The van der Waals surface area contributed by atoms with E-state index >= 15 is 0 Å². The topological polar surface area (TPSA) is 58.6 Å². The fraction of sp³-hybridized carbons (Fsp3) is 0.455. The lowest BCUT2D eigenvalue weighted by Crippen LogP contribution is -2.47. The minimum absolute atomic E-state index is 0.0709. The first kappa shape index (κ1) is 21.7. The third kappa shape index (κ3) is 6.21. The van der Waals surface area contributed by atoms with E-state index in [-0.39, 0.29) is 18.0 Å². The molecule has 2 heterocycles. The second-order valence-electron chi connectivity index (χ2n) is 7.82. The molecular weight excluding hydrogens is 408 g/mol. The van der Waals surface area contributed by atoms with E-state index in [1.165, 1.54) is 11.3 Å². The Bertz CT molecular complexity index is 816. The third-order valence-corrected chi connectivity index (χ3v) is 6.38. The highest BCUT2D eigenvalue weighted by Crippen LogP contribution is 2.27. The number of hydrogen-bond acceptors (Lipinski definition) is 4. The lowest BCUT2D eigenvalue weighted by atomic mass is 9.85. The molecule has 1 saturated heterocycles. The van der Waals surface area contributed by atoms with Gasteiger partial charge in [0.25, 0.3) is 5.91 Å². The number of thiophene rings is 1. The van der Waals surface area contributed by atoms with E-state index in [1.54, 1.807) is 29.2 Å². The Kier molecular flexibility index (Phi) is 7.56. The SMILES string of the molecule is CC(C)C[C@H](NC(=O)c1ccc(Cl)s1)C1CCN(C(=O)Oc2ccccc2)CC1. The van der Waals surface area contributed by atoms with Crippen molar-refractivity contribution in [1.29, 1.82) is 0 Å². The molecule has 0 saturated carbocycles. The van der Waals surface area contributed by atoms with Gasteiger partial charge in [0.05, 0.1) is 9.21 Å². The summed E-state index contributed by atoms with van der Waals surface area (Å²) in [6.07, 6.45) is 2.27. The van der Waals surface area contributed by atoms with Crippen LogP contribution in [-0.4, -0.2) is 36.0 Å². The molecule has 7 heteroatoms. The van der Waals surface area contributed by atoms with Crippen molar-refractivity contribution < 1.29 is 14.3 Å². The molecule has 156 valence electrons. The summed E-state index contributed by atoms with van der Waals surface area (Å²) in [4.78, 5) is 27.4. The standard InChI is InChI=1S/C22H27ClN2O3S/c1-15(2)14-18(24-21(26)19-8-9-20(23)29-19)16-10-12-25(13-11-16)22(27)28-17-6-4-3-5-7-17/h3-9,15-16,18H,10-14H2,1-2H3,(H,24,26)/t18-/m0/s1. The van der Waals surface area contributed by atoms with E-state index < -0.39 is 0 Å². The first-order valence-electron chi connectivity index (χ1n) is 10.0. The minimum Gasteiger partial charge on any atom is -0.410 e. The number of likely N-dealkylation sites (tertiary alicyclic amines) is 1. The predicted molar refractivity (Wildman–Crippen MR) is 117 cm³/mol. The lowest BCUT2D eigenvalue weighted by molar-refractivity contribution is 0.0875. The highest BCUT2D eigenvalue weighted by Gasteiger charge is 2.31. The fourth-order valence-electron chi connectivity index (χ4n) is 3.69. The predicted octanol–water partition coefficient (Wildman–Crippen LogP) is 5.46. The first-order chi connectivity index (χ1) is 13.9. The monoisotopic (exact) mass is 434 g/mol. The second-order valence-corrected chi connectivity index (χ2v) is 9.53. The maximum absolute atomic E-state index is 12.6. The lowest BCUT2D eigenvalue weighted by Gasteiger charge is -2.36. The summed E-state index contributed by atoms with van der Waals surface area (Å²) in [5.41, 5.74) is 0. The Labute approximate surface area is 181 Å². The van der Waals surface area contributed by atoms with Gasteiger partial charge in [0, 0.05) is 19.1 Å². The quantitative estimate of drug-likeness (QED) is 0.656. The largest absolute Gasteiger partial charge is 0.415 e. The van der Waals surface area contributed by atoms with Gasteiger partial charge in [-0.25, -0.2) is 4.79 Å². The maximum atomic E-state index is 12.6. The van der Waals surface area contributed by atoms with Gasteiger partial charge >= 0.3 is 6.09 Å². The van der Waals surface area contributed by atoms with Crippen LogP contribution in [0, 0.1) is 11.8 Å². The maximum Gasteiger partial charge on any atom is 0.415 e. The molecule has 29 heavy (non-hydrogen) atoms. The number of ether oxygens (including phenoxy) is 1. The molecule has 1 fully saturated rings. The van der Waals surface area contributed by atoms with E-state index in [0.29, 0.717) is 39.9 Å². The summed E-state index contributed by atoms with van der Waals surface area (Å²) in [6.45, 7) is 5.58. The zero-order chi connectivity index (χ0) is 20.8. The Morgan fingerprint density at radius 2 is 1.86 bits per heavy atom. The van der Waals surface area contributed by atoms with Crippen molar-refractivity contribution in [2.75, 3.05) is 13.1 Å². The molecule has 1 aliphatic heterocycles. The molecule has 0 aliphatic carbocycles. The van der Waals surface area contributed by atoms with Crippen LogP contribution in [0.1, 0.15) is 42.8 Å². The van der Waals surface area contributed by atoms with Gasteiger partial charge in [-0.15, -0.1) is 11.3 Å². The van der Waals surface area contributed by atoms with Gasteiger partial charge in [0.1, 0.15) is 5.75 Å². The normalized spacial score (nSPS) is 15.9. The Hall–Kier alpha value is -2.05. The number of rotatable bonds is 6. The van der Waals surface area contributed by atoms with Gasteiger partial charge < -0.3 is 15.0 Å². The average Bonchev–Trinajstić information content (AvgIpc) is 3.14. The molecule has 1 aromatic carbocycles. The summed E-state index contributed by atoms with van der Waals surface area (Å²) in [6, 6.07) is 12.7. The van der Waals surface area contributed by atoms with Crippen molar-refractivity contribution in [2.24, 2.45) is 11.8 Å². The van der Waals surface area contributed by atoms with E-state index in [2.05, 4.69) is 19.2 Å². The Balaban J connectivity index is 1.56. The van der Waals surface area contributed by atoms with Crippen LogP contribution in [-0.2, 0) is 0 Å². The highest BCUT2D eigenvalue weighted by molar-refractivity contribution is 7.18. The van der Waals surface area contributed by atoms with Crippen LogP contribution >= 0.6 is 22.9 Å². The molecule has 5 nitrogen and oxygen atoms in total. The van der Waals surface area contributed by atoms with E-state index in [0.717, 1.165) is 19.3 Å². The molecule has 1 aromatic heterocycles. The minimum atomic E-state index is -0.313. The first-order valence-corrected chi connectivity index (χ1v) is 11.2. The second kappa shape index (κ2) is 10.1. The molecular formula is C22H27ClN2O3S. The number of benzene rings is 1. The summed E-state index contributed by atoms with van der Waals surface area (Å²) in [5.74, 6) is 1.28. The zero-order valence-electron chi connectivity index (χ0n) is 16.8. The molecule has 0 spiro atoms. The van der Waals surface area contributed by atoms with Gasteiger partial charge in [0.15, 0.2) is 0 Å². The van der Waals surface area contributed by atoms with Crippen molar-refractivity contribution in [1.82, 2.24) is 10.2 Å². The van der Waals surface area contributed by atoms with Gasteiger partial charge in [-0.1, -0.05) is 43.6 Å². The van der Waals surface area contributed by atoms with Crippen LogP contribution in [0.2, 0.25) is 4.34 Å².